The lowest BCUT2D eigenvalue weighted by Gasteiger charge is -2.16. The number of rotatable bonds is 17. The van der Waals surface area contributed by atoms with Gasteiger partial charge >= 0.3 is 6.09 Å². The second-order valence-electron chi connectivity index (χ2n) is 9.51. The van der Waals surface area contributed by atoms with Crippen LogP contribution in [-0.4, -0.2) is 49.7 Å². The van der Waals surface area contributed by atoms with Gasteiger partial charge in [0.25, 0.3) is 0 Å². The molecular formula is C28H46N2O4. The van der Waals surface area contributed by atoms with Crippen molar-refractivity contribution in [2.75, 3.05) is 26.7 Å². The molecule has 2 amide bonds. The molecule has 0 aliphatic carbocycles. The Kier molecular flexibility index (Phi) is 14.4. The summed E-state index contributed by atoms with van der Waals surface area (Å²) in [5, 5.41) is 3.04. The number of hydrogen-bond donors (Lipinski definition) is 1. The Labute approximate surface area is 206 Å². The molecule has 6 heteroatoms. The molecule has 2 rings (SSSR count). The third kappa shape index (κ3) is 10.9. The number of ether oxygens (including phenoxy) is 2. The van der Waals surface area contributed by atoms with Crippen molar-refractivity contribution in [1.29, 1.82) is 0 Å². The zero-order valence-electron chi connectivity index (χ0n) is 21.4. The summed E-state index contributed by atoms with van der Waals surface area (Å²) in [7, 11) is 1.59. The summed E-state index contributed by atoms with van der Waals surface area (Å²) in [6, 6.07) is 9.59. The van der Waals surface area contributed by atoms with E-state index >= 15 is 0 Å². The summed E-state index contributed by atoms with van der Waals surface area (Å²) in [5.41, 5.74) is 0.940. The molecular weight excluding hydrogens is 428 g/mol. The molecule has 192 valence electrons. The second-order valence-corrected chi connectivity index (χ2v) is 9.51. The van der Waals surface area contributed by atoms with Crippen molar-refractivity contribution in [2.45, 2.75) is 96.7 Å². The lowest BCUT2D eigenvalue weighted by molar-refractivity contribution is -0.127. The van der Waals surface area contributed by atoms with E-state index in [4.69, 9.17) is 9.47 Å². The Hall–Kier alpha value is -2.08. The first-order valence-electron chi connectivity index (χ1n) is 13.4. The first-order valence-corrected chi connectivity index (χ1v) is 13.4. The zero-order chi connectivity index (χ0) is 24.4. The van der Waals surface area contributed by atoms with E-state index in [-0.39, 0.29) is 24.5 Å². The lowest BCUT2D eigenvalue weighted by Crippen LogP contribution is -2.38. The van der Waals surface area contributed by atoms with Crippen LogP contribution >= 0.6 is 0 Å². The maximum Gasteiger partial charge on any atom is 0.410 e. The molecule has 1 N–H and O–H groups in total. The van der Waals surface area contributed by atoms with Gasteiger partial charge in [0.1, 0.15) is 6.61 Å². The van der Waals surface area contributed by atoms with Gasteiger partial charge in [0.05, 0.1) is 18.6 Å². The molecule has 2 unspecified atom stereocenters. The minimum Gasteiger partial charge on any atom is -0.445 e. The van der Waals surface area contributed by atoms with Gasteiger partial charge in [-0.05, 0) is 12.0 Å². The van der Waals surface area contributed by atoms with Gasteiger partial charge in [-0.25, -0.2) is 4.79 Å². The third-order valence-corrected chi connectivity index (χ3v) is 6.70. The highest BCUT2D eigenvalue weighted by Crippen LogP contribution is 2.21. The van der Waals surface area contributed by atoms with E-state index in [0.29, 0.717) is 19.6 Å². The largest absolute Gasteiger partial charge is 0.445 e. The minimum absolute atomic E-state index is 0.0340. The van der Waals surface area contributed by atoms with Crippen LogP contribution in [0.4, 0.5) is 4.79 Å². The van der Waals surface area contributed by atoms with Crippen molar-refractivity contribution in [3.8, 4) is 0 Å². The van der Waals surface area contributed by atoms with Crippen LogP contribution in [0.5, 0.6) is 0 Å². The standard InChI is InChI=1S/C28H46N2O4/c1-3-4-5-6-7-8-9-10-11-12-13-17-20-29-27(31)25-21-30(22-26(25)33-2)28(32)34-23-24-18-15-14-16-19-24/h14-16,18-19,25-26H,3-13,17,20-23H2,1-2H3,(H,29,31). The number of nitrogens with one attached hydrogen (secondary N) is 1. The maximum atomic E-state index is 12.7. The van der Waals surface area contributed by atoms with Gasteiger partial charge in [-0.3, -0.25) is 4.79 Å². The molecule has 2 atom stereocenters. The number of carbonyl (C=O) groups excluding carboxylic acids is 2. The molecule has 0 spiro atoms. The number of likely N-dealkylation sites (tertiary alicyclic amines) is 1. The predicted octanol–water partition coefficient (Wildman–Crippen LogP) is 6.09. The number of unbranched alkanes of at least 4 members (excludes halogenated alkanes) is 11. The molecule has 1 aliphatic rings. The van der Waals surface area contributed by atoms with Crippen LogP contribution in [0.15, 0.2) is 30.3 Å². The second kappa shape index (κ2) is 17.4. The molecule has 1 fully saturated rings. The summed E-state index contributed by atoms with van der Waals surface area (Å²) >= 11 is 0. The fourth-order valence-corrected chi connectivity index (χ4v) is 4.53. The Morgan fingerprint density at radius 3 is 2.06 bits per heavy atom. The smallest absolute Gasteiger partial charge is 0.410 e. The summed E-state index contributed by atoms with van der Waals surface area (Å²) in [4.78, 5) is 26.7. The zero-order valence-corrected chi connectivity index (χ0v) is 21.4. The molecule has 0 bridgehead atoms. The molecule has 0 radical (unpaired) electrons. The van der Waals surface area contributed by atoms with Crippen molar-refractivity contribution in [3.05, 3.63) is 35.9 Å². The van der Waals surface area contributed by atoms with E-state index < -0.39 is 6.09 Å². The molecule has 34 heavy (non-hydrogen) atoms. The van der Waals surface area contributed by atoms with Crippen molar-refractivity contribution in [1.82, 2.24) is 10.2 Å². The number of nitrogens with zero attached hydrogens (tertiary/aromatic N) is 1. The third-order valence-electron chi connectivity index (χ3n) is 6.70. The van der Waals surface area contributed by atoms with Crippen LogP contribution in [0.3, 0.4) is 0 Å². The molecule has 0 saturated carbocycles. The Balaban J connectivity index is 1.53. The number of benzene rings is 1. The van der Waals surface area contributed by atoms with Gasteiger partial charge in [0, 0.05) is 20.2 Å². The van der Waals surface area contributed by atoms with Crippen molar-refractivity contribution in [2.24, 2.45) is 5.92 Å². The average Bonchev–Trinajstić information content (AvgIpc) is 3.31. The van der Waals surface area contributed by atoms with Crippen LogP contribution in [0.25, 0.3) is 0 Å². The van der Waals surface area contributed by atoms with Crippen LogP contribution in [0.1, 0.15) is 89.5 Å². The van der Waals surface area contributed by atoms with E-state index in [1.165, 1.54) is 64.2 Å². The SMILES string of the molecule is CCCCCCCCCCCCCCNC(=O)C1CN(C(=O)OCc2ccccc2)CC1OC. The van der Waals surface area contributed by atoms with E-state index in [0.717, 1.165) is 18.4 Å². The van der Waals surface area contributed by atoms with Crippen LogP contribution in [0.2, 0.25) is 0 Å². The fourth-order valence-electron chi connectivity index (χ4n) is 4.53. The topological polar surface area (TPSA) is 67.9 Å². The monoisotopic (exact) mass is 474 g/mol. The summed E-state index contributed by atoms with van der Waals surface area (Å²) in [6.45, 7) is 3.87. The Morgan fingerprint density at radius 2 is 1.47 bits per heavy atom. The maximum absolute atomic E-state index is 12.7. The quantitative estimate of drug-likeness (QED) is 0.278. The van der Waals surface area contributed by atoms with Gasteiger partial charge < -0.3 is 19.7 Å². The predicted molar refractivity (Wildman–Crippen MR) is 137 cm³/mol. The average molecular weight is 475 g/mol. The van der Waals surface area contributed by atoms with Crippen LogP contribution in [0, 0.1) is 5.92 Å². The van der Waals surface area contributed by atoms with E-state index in [1.54, 1.807) is 12.0 Å². The van der Waals surface area contributed by atoms with Gasteiger partial charge in [-0.2, -0.15) is 0 Å². The fraction of sp³-hybridized carbons (Fsp3) is 0.714. The first-order chi connectivity index (χ1) is 16.7. The molecule has 6 nitrogen and oxygen atoms in total. The highest BCUT2D eigenvalue weighted by Gasteiger charge is 2.40. The van der Waals surface area contributed by atoms with E-state index in [1.807, 2.05) is 30.3 Å². The lowest BCUT2D eigenvalue weighted by atomic mass is 10.0. The highest BCUT2D eigenvalue weighted by molar-refractivity contribution is 5.81. The number of amides is 2. The Bertz CT molecular complexity index is 682. The summed E-state index contributed by atoms with van der Waals surface area (Å²) in [5.74, 6) is -0.389. The molecule has 1 aromatic rings. The van der Waals surface area contributed by atoms with Crippen LogP contribution < -0.4 is 5.32 Å². The first kappa shape index (κ1) is 28.2. The molecule has 1 aromatic carbocycles. The van der Waals surface area contributed by atoms with Crippen molar-refractivity contribution >= 4 is 12.0 Å². The van der Waals surface area contributed by atoms with Crippen LogP contribution in [-0.2, 0) is 20.9 Å². The molecule has 0 aromatic heterocycles. The molecule has 1 aliphatic heterocycles. The molecule has 1 saturated heterocycles. The normalized spacial score (nSPS) is 17.6. The Morgan fingerprint density at radius 1 is 0.882 bits per heavy atom. The van der Waals surface area contributed by atoms with Gasteiger partial charge in [-0.15, -0.1) is 0 Å². The number of hydrogen-bond acceptors (Lipinski definition) is 4. The molecule has 1 heterocycles. The summed E-state index contributed by atoms with van der Waals surface area (Å²) < 4.78 is 10.9. The van der Waals surface area contributed by atoms with Crippen molar-refractivity contribution < 1.29 is 19.1 Å². The van der Waals surface area contributed by atoms with Gasteiger partial charge in [-0.1, -0.05) is 108 Å². The number of methoxy groups -OCH3 is 1. The van der Waals surface area contributed by atoms with Crippen molar-refractivity contribution in [3.63, 3.8) is 0 Å². The number of carbonyl (C=O) groups is 2. The highest BCUT2D eigenvalue weighted by atomic mass is 16.6. The summed E-state index contributed by atoms with van der Waals surface area (Å²) in [6.07, 6.45) is 14.9. The minimum atomic E-state index is -0.401. The van der Waals surface area contributed by atoms with Gasteiger partial charge in [0.15, 0.2) is 0 Å². The van der Waals surface area contributed by atoms with Gasteiger partial charge in [0.2, 0.25) is 5.91 Å². The van der Waals surface area contributed by atoms with E-state index in [9.17, 15) is 9.59 Å². The van der Waals surface area contributed by atoms with E-state index in [2.05, 4.69) is 12.2 Å².